The van der Waals surface area contributed by atoms with Crippen LogP contribution in [0, 0.1) is 5.82 Å². The molecule has 1 amide bonds. The second-order valence-electron chi connectivity index (χ2n) is 6.29. The van der Waals surface area contributed by atoms with E-state index < -0.39 is 0 Å². The van der Waals surface area contributed by atoms with Crippen molar-refractivity contribution in [2.75, 3.05) is 17.2 Å². The Morgan fingerprint density at radius 2 is 2.00 bits per heavy atom. The number of hydrogen-bond acceptors (Lipinski definition) is 4. The van der Waals surface area contributed by atoms with E-state index in [4.69, 9.17) is 11.6 Å². The lowest BCUT2D eigenvalue weighted by molar-refractivity contribution is -0.115. The van der Waals surface area contributed by atoms with Crippen LogP contribution in [0.4, 0.5) is 16.0 Å². The van der Waals surface area contributed by atoms with Crippen molar-refractivity contribution in [3.05, 3.63) is 70.6 Å². The zero-order chi connectivity index (χ0) is 18.8. The van der Waals surface area contributed by atoms with Gasteiger partial charge in [0, 0.05) is 28.9 Å². The van der Waals surface area contributed by atoms with Crippen molar-refractivity contribution in [3.8, 4) is 11.3 Å². The molecule has 136 valence electrons. The highest BCUT2D eigenvalue weighted by Gasteiger charge is 2.21. The molecule has 5 nitrogen and oxygen atoms in total. The third-order valence-corrected chi connectivity index (χ3v) is 4.57. The number of nitrogens with zero attached hydrogens (tertiary/aromatic N) is 2. The Kier molecular flexibility index (Phi) is 4.73. The quantitative estimate of drug-likeness (QED) is 0.713. The van der Waals surface area contributed by atoms with Gasteiger partial charge in [-0.3, -0.25) is 4.79 Å². The van der Waals surface area contributed by atoms with Crippen LogP contribution in [0.1, 0.15) is 11.1 Å². The Balaban J connectivity index is 1.56. The Hall–Kier alpha value is -2.99. The van der Waals surface area contributed by atoms with E-state index in [2.05, 4.69) is 20.6 Å². The zero-order valence-electron chi connectivity index (χ0n) is 14.3. The van der Waals surface area contributed by atoms with Gasteiger partial charge in [0.2, 0.25) is 11.9 Å². The normalized spacial score (nSPS) is 12.6. The van der Waals surface area contributed by atoms with E-state index in [1.807, 2.05) is 6.07 Å². The first kappa shape index (κ1) is 17.4. The van der Waals surface area contributed by atoms with Crippen LogP contribution in [0.15, 0.2) is 48.7 Å². The minimum atomic E-state index is -0.247. The van der Waals surface area contributed by atoms with Gasteiger partial charge in [0.25, 0.3) is 0 Å². The number of aromatic nitrogens is 2. The molecule has 4 rings (SSSR count). The maximum atomic E-state index is 13.0. The summed E-state index contributed by atoms with van der Waals surface area (Å²) in [6.45, 7) is 0.606. The van der Waals surface area contributed by atoms with Crippen molar-refractivity contribution in [1.29, 1.82) is 0 Å². The van der Waals surface area contributed by atoms with Gasteiger partial charge < -0.3 is 10.6 Å². The molecule has 0 atom stereocenters. The SMILES string of the molecule is O=C1Cc2cnc(NCCc3ccc(F)cc3)nc2-c2ccc(Cl)cc2N1. The standard InChI is InChI=1S/C20H16ClFN4O/c21-14-3-6-16-17(10-14)25-18(27)9-13-11-24-20(26-19(13)16)23-8-7-12-1-4-15(22)5-2-12/h1-6,10-11H,7-9H2,(H,25,27)(H,23,24,26). The topological polar surface area (TPSA) is 66.9 Å². The third-order valence-electron chi connectivity index (χ3n) is 4.34. The number of benzene rings is 2. The summed E-state index contributed by atoms with van der Waals surface area (Å²) in [5, 5.41) is 6.59. The van der Waals surface area contributed by atoms with Gasteiger partial charge in [0.15, 0.2) is 0 Å². The number of carbonyl (C=O) groups excluding carboxylic acids is 1. The van der Waals surface area contributed by atoms with Gasteiger partial charge in [-0.05, 0) is 42.3 Å². The Morgan fingerprint density at radius 3 is 2.81 bits per heavy atom. The predicted octanol–water partition coefficient (Wildman–Crippen LogP) is 4.09. The van der Waals surface area contributed by atoms with Crippen LogP contribution in [0.2, 0.25) is 5.02 Å². The molecular weight excluding hydrogens is 367 g/mol. The zero-order valence-corrected chi connectivity index (χ0v) is 15.1. The van der Waals surface area contributed by atoms with Gasteiger partial charge in [-0.15, -0.1) is 0 Å². The van der Waals surface area contributed by atoms with Gasteiger partial charge in [-0.2, -0.15) is 0 Å². The lowest BCUT2D eigenvalue weighted by Crippen LogP contribution is -2.13. The van der Waals surface area contributed by atoms with E-state index >= 15 is 0 Å². The number of fused-ring (bicyclic) bond motifs is 3. The minimum absolute atomic E-state index is 0.127. The van der Waals surface area contributed by atoms with Crippen molar-refractivity contribution >= 4 is 29.1 Å². The Labute approximate surface area is 160 Å². The molecule has 0 radical (unpaired) electrons. The Morgan fingerprint density at radius 1 is 1.19 bits per heavy atom. The van der Waals surface area contributed by atoms with Gasteiger partial charge in [0.1, 0.15) is 5.82 Å². The van der Waals surface area contributed by atoms with E-state index in [1.54, 1.807) is 30.5 Å². The van der Waals surface area contributed by atoms with E-state index in [9.17, 15) is 9.18 Å². The molecule has 7 heteroatoms. The molecule has 0 bridgehead atoms. The highest BCUT2D eigenvalue weighted by atomic mass is 35.5. The molecule has 0 aliphatic carbocycles. The summed E-state index contributed by atoms with van der Waals surface area (Å²) in [6.07, 6.45) is 2.59. The molecule has 3 aromatic rings. The third kappa shape index (κ3) is 3.90. The molecule has 1 aromatic heterocycles. The minimum Gasteiger partial charge on any atom is -0.354 e. The molecule has 2 heterocycles. The van der Waals surface area contributed by atoms with Crippen LogP contribution in [0.25, 0.3) is 11.3 Å². The number of rotatable bonds is 4. The van der Waals surface area contributed by atoms with Crippen molar-refractivity contribution in [1.82, 2.24) is 9.97 Å². The fourth-order valence-corrected chi connectivity index (χ4v) is 3.19. The van der Waals surface area contributed by atoms with Crippen LogP contribution in [-0.4, -0.2) is 22.4 Å². The lowest BCUT2D eigenvalue weighted by atomic mass is 10.1. The number of halogens is 2. The molecule has 2 N–H and O–H groups in total. The van der Waals surface area contributed by atoms with Gasteiger partial charge in [-0.25, -0.2) is 14.4 Å². The first-order valence-corrected chi connectivity index (χ1v) is 8.90. The first-order valence-electron chi connectivity index (χ1n) is 8.52. The van der Waals surface area contributed by atoms with Crippen LogP contribution < -0.4 is 10.6 Å². The monoisotopic (exact) mass is 382 g/mol. The molecule has 0 saturated carbocycles. The fourth-order valence-electron chi connectivity index (χ4n) is 3.02. The molecule has 2 aromatic carbocycles. The number of amides is 1. The van der Waals surface area contributed by atoms with E-state index in [0.29, 0.717) is 35.3 Å². The van der Waals surface area contributed by atoms with Crippen LogP contribution in [0.3, 0.4) is 0 Å². The average molecular weight is 383 g/mol. The summed E-state index contributed by atoms with van der Waals surface area (Å²) in [6, 6.07) is 11.7. The lowest BCUT2D eigenvalue weighted by Gasteiger charge is -2.11. The van der Waals surface area contributed by atoms with Crippen LogP contribution in [0.5, 0.6) is 0 Å². The number of nitrogens with one attached hydrogen (secondary N) is 2. The van der Waals surface area contributed by atoms with E-state index in [0.717, 1.165) is 16.7 Å². The molecule has 0 unspecified atom stereocenters. The molecule has 1 aliphatic heterocycles. The summed E-state index contributed by atoms with van der Waals surface area (Å²) >= 11 is 6.05. The second kappa shape index (κ2) is 7.32. The molecule has 1 aliphatic rings. The molecule has 0 fully saturated rings. The summed E-state index contributed by atoms with van der Waals surface area (Å²) in [5.41, 5.74) is 3.94. The van der Waals surface area contributed by atoms with E-state index in [1.165, 1.54) is 12.1 Å². The number of carbonyl (C=O) groups is 1. The van der Waals surface area contributed by atoms with E-state index in [-0.39, 0.29) is 18.1 Å². The van der Waals surface area contributed by atoms with Gasteiger partial charge in [-0.1, -0.05) is 23.7 Å². The Bertz CT molecular complexity index is 1010. The highest BCUT2D eigenvalue weighted by molar-refractivity contribution is 6.31. The number of anilines is 2. The first-order chi connectivity index (χ1) is 13.1. The van der Waals surface area contributed by atoms with Crippen molar-refractivity contribution in [2.24, 2.45) is 0 Å². The average Bonchev–Trinajstić information content (AvgIpc) is 2.78. The maximum Gasteiger partial charge on any atom is 0.228 e. The summed E-state index contributed by atoms with van der Waals surface area (Å²) in [5.74, 6) is 0.103. The van der Waals surface area contributed by atoms with Crippen molar-refractivity contribution in [2.45, 2.75) is 12.8 Å². The molecule has 0 saturated heterocycles. The smallest absolute Gasteiger partial charge is 0.228 e. The van der Waals surface area contributed by atoms with Crippen LogP contribution in [-0.2, 0) is 17.6 Å². The van der Waals surface area contributed by atoms with Gasteiger partial charge in [0.05, 0.1) is 17.8 Å². The van der Waals surface area contributed by atoms with Crippen molar-refractivity contribution < 1.29 is 9.18 Å². The highest BCUT2D eigenvalue weighted by Crippen LogP contribution is 2.34. The predicted molar refractivity (Wildman–Crippen MR) is 103 cm³/mol. The maximum absolute atomic E-state index is 13.0. The van der Waals surface area contributed by atoms with Gasteiger partial charge >= 0.3 is 0 Å². The number of hydrogen-bond donors (Lipinski definition) is 2. The molecule has 27 heavy (non-hydrogen) atoms. The van der Waals surface area contributed by atoms with Crippen LogP contribution >= 0.6 is 11.6 Å². The summed E-state index contributed by atoms with van der Waals surface area (Å²) in [4.78, 5) is 21.0. The molecular formula is C20H16ClFN4O. The summed E-state index contributed by atoms with van der Waals surface area (Å²) < 4.78 is 13.0. The fraction of sp³-hybridized carbons (Fsp3) is 0.150. The summed E-state index contributed by atoms with van der Waals surface area (Å²) in [7, 11) is 0. The van der Waals surface area contributed by atoms with Crippen molar-refractivity contribution in [3.63, 3.8) is 0 Å². The second-order valence-corrected chi connectivity index (χ2v) is 6.72. The largest absolute Gasteiger partial charge is 0.354 e. The molecule has 0 spiro atoms.